The first-order valence-electron chi connectivity index (χ1n) is 8.05. The molecule has 132 valence electrons. The minimum absolute atomic E-state index is 0.141. The van der Waals surface area contributed by atoms with E-state index in [0.29, 0.717) is 29.8 Å². The van der Waals surface area contributed by atoms with Crippen LogP contribution in [0.15, 0.2) is 49.3 Å². The Labute approximate surface area is 149 Å². The van der Waals surface area contributed by atoms with Crippen LogP contribution in [0.25, 0.3) is 16.9 Å². The number of sulfone groups is 1. The van der Waals surface area contributed by atoms with E-state index in [-0.39, 0.29) is 10.9 Å². The van der Waals surface area contributed by atoms with Crippen LogP contribution < -0.4 is 0 Å². The van der Waals surface area contributed by atoms with E-state index in [1.54, 1.807) is 41.6 Å². The number of Topliss-reactive ketones (excluding diaryl/α,β-unsaturated/α-hetero) is 1. The van der Waals surface area contributed by atoms with Gasteiger partial charge < -0.3 is 0 Å². The SMILES string of the molecule is O=C(CS(=O)(=O)C1CC1)c1cccc(-c2cnn(-c3cncnc3)c2)n1. The lowest BCUT2D eigenvalue weighted by atomic mass is 10.2. The third-order valence-corrected chi connectivity index (χ3v) is 6.24. The fourth-order valence-corrected chi connectivity index (χ4v) is 4.16. The average molecular weight is 369 g/mol. The van der Waals surface area contributed by atoms with E-state index in [4.69, 9.17) is 0 Å². The number of nitrogens with zero attached hydrogens (tertiary/aromatic N) is 5. The van der Waals surface area contributed by atoms with Gasteiger partial charge in [0.1, 0.15) is 23.5 Å². The molecule has 8 nitrogen and oxygen atoms in total. The van der Waals surface area contributed by atoms with Crippen LogP contribution in [0.3, 0.4) is 0 Å². The van der Waals surface area contributed by atoms with Crippen molar-refractivity contribution in [2.75, 3.05) is 5.75 Å². The molecule has 0 spiro atoms. The topological polar surface area (TPSA) is 108 Å². The third kappa shape index (κ3) is 3.38. The molecule has 1 fully saturated rings. The molecule has 0 amide bonds. The summed E-state index contributed by atoms with van der Waals surface area (Å²) < 4.78 is 25.6. The Kier molecular flexibility index (Phi) is 4.08. The Morgan fingerprint density at radius 2 is 1.92 bits per heavy atom. The van der Waals surface area contributed by atoms with Gasteiger partial charge in [-0.05, 0) is 25.0 Å². The first-order valence-corrected chi connectivity index (χ1v) is 9.77. The molecular formula is C17H15N5O3S. The normalized spacial score (nSPS) is 14.3. The van der Waals surface area contributed by atoms with E-state index < -0.39 is 21.4 Å². The maximum atomic E-state index is 12.3. The Hall–Kier alpha value is -2.94. The molecule has 3 aromatic heterocycles. The highest BCUT2D eigenvalue weighted by Crippen LogP contribution is 2.29. The lowest BCUT2D eigenvalue weighted by Crippen LogP contribution is -2.20. The number of ketones is 1. The standard InChI is InChI=1S/C17H15N5O3S/c23-17(10-26(24,25)14-4-5-14)16-3-1-2-15(21-16)12-6-20-22(9-12)13-7-18-11-19-8-13/h1-3,6-9,11,14H,4-5,10H2. The molecule has 26 heavy (non-hydrogen) atoms. The molecule has 1 aliphatic carbocycles. The Bertz CT molecular complexity index is 1060. The van der Waals surface area contributed by atoms with Crippen molar-refractivity contribution in [2.24, 2.45) is 0 Å². The lowest BCUT2D eigenvalue weighted by Gasteiger charge is -2.04. The van der Waals surface area contributed by atoms with E-state index in [2.05, 4.69) is 20.1 Å². The smallest absolute Gasteiger partial charge is 0.196 e. The molecule has 9 heteroatoms. The minimum atomic E-state index is -3.36. The Morgan fingerprint density at radius 3 is 2.65 bits per heavy atom. The molecule has 0 radical (unpaired) electrons. The van der Waals surface area contributed by atoms with Crippen LogP contribution in [0.4, 0.5) is 0 Å². The number of pyridine rings is 1. The van der Waals surface area contributed by atoms with Crippen molar-refractivity contribution in [3.8, 4) is 16.9 Å². The summed E-state index contributed by atoms with van der Waals surface area (Å²) in [5.74, 6) is -0.975. The molecule has 1 aliphatic rings. The second-order valence-corrected chi connectivity index (χ2v) is 8.39. The van der Waals surface area contributed by atoms with Gasteiger partial charge in [0.2, 0.25) is 0 Å². The second kappa shape index (κ2) is 6.41. The molecule has 3 heterocycles. The van der Waals surface area contributed by atoms with E-state index in [9.17, 15) is 13.2 Å². The van der Waals surface area contributed by atoms with Crippen molar-refractivity contribution in [3.63, 3.8) is 0 Å². The van der Waals surface area contributed by atoms with Crippen LogP contribution in [0.1, 0.15) is 23.3 Å². The number of aromatic nitrogens is 5. The zero-order valence-electron chi connectivity index (χ0n) is 13.7. The van der Waals surface area contributed by atoms with Gasteiger partial charge in [-0.2, -0.15) is 5.10 Å². The fraction of sp³-hybridized carbons (Fsp3) is 0.235. The van der Waals surface area contributed by atoms with Crippen molar-refractivity contribution in [3.05, 3.63) is 55.0 Å². The predicted molar refractivity (Wildman–Crippen MR) is 93.5 cm³/mol. The van der Waals surface area contributed by atoms with Gasteiger partial charge >= 0.3 is 0 Å². The maximum absolute atomic E-state index is 12.3. The van der Waals surface area contributed by atoms with Crippen molar-refractivity contribution in [1.82, 2.24) is 24.7 Å². The summed E-state index contributed by atoms with van der Waals surface area (Å²) in [4.78, 5) is 24.5. The van der Waals surface area contributed by atoms with Crippen molar-refractivity contribution >= 4 is 15.6 Å². The van der Waals surface area contributed by atoms with Gasteiger partial charge in [0.15, 0.2) is 15.6 Å². The van der Waals surface area contributed by atoms with E-state index in [0.717, 1.165) is 0 Å². The molecule has 4 rings (SSSR count). The first kappa shape index (κ1) is 16.5. The zero-order chi connectivity index (χ0) is 18.1. The van der Waals surface area contributed by atoms with Crippen molar-refractivity contribution in [2.45, 2.75) is 18.1 Å². The van der Waals surface area contributed by atoms with Gasteiger partial charge in [-0.3, -0.25) is 4.79 Å². The summed E-state index contributed by atoms with van der Waals surface area (Å²) in [6.07, 6.45) is 9.33. The van der Waals surface area contributed by atoms with Crippen molar-refractivity contribution < 1.29 is 13.2 Å². The fourth-order valence-electron chi connectivity index (χ4n) is 2.56. The third-order valence-electron chi connectivity index (χ3n) is 4.09. The lowest BCUT2D eigenvalue weighted by molar-refractivity contribution is 0.101. The Morgan fingerprint density at radius 1 is 1.15 bits per heavy atom. The quantitative estimate of drug-likeness (QED) is 0.606. The molecule has 3 aromatic rings. The molecule has 0 N–H and O–H groups in total. The van der Waals surface area contributed by atoms with E-state index in [1.165, 1.54) is 12.4 Å². The largest absolute Gasteiger partial charge is 0.291 e. The highest BCUT2D eigenvalue weighted by atomic mass is 32.2. The van der Waals surface area contributed by atoms with Crippen LogP contribution in [0.5, 0.6) is 0 Å². The first-order chi connectivity index (χ1) is 12.5. The van der Waals surface area contributed by atoms with Gasteiger partial charge in [0.25, 0.3) is 0 Å². The molecule has 0 unspecified atom stereocenters. The van der Waals surface area contributed by atoms with E-state index in [1.807, 2.05) is 0 Å². The highest BCUT2D eigenvalue weighted by Gasteiger charge is 2.37. The predicted octanol–water partition coefficient (Wildman–Crippen LogP) is 1.48. The molecule has 0 bridgehead atoms. The molecule has 1 saturated carbocycles. The summed E-state index contributed by atoms with van der Waals surface area (Å²) in [5, 5.41) is 3.88. The monoisotopic (exact) mass is 369 g/mol. The minimum Gasteiger partial charge on any atom is -0.291 e. The number of rotatable bonds is 6. The second-order valence-electron chi connectivity index (χ2n) is 6.11. The van der Waals surface area contributed by atoms with Gasteiger partial charge in [-0.1, -0.05) is 6.07 Å². The highest BCUT2D eigenvalue weighted by molar-refractivity contribution is 7.93. The van der Waals surface area contributed by atoms with Crippen LogP contribution in [-0.4, -0.2) is 49.9 Å². The van der Waals surface area contributed by atoms with Gasteiger partial charge in [0, 0.05) is 11.8 Å². The van der Waals surface area contributed by atoms with Gasteiger partial charge in [-0.25, -0.2) is 28.1 Å². The molecule has 0 aliphatic heterocycles. The summed E-state index contributed by atoms with van der Waals surface area (Å²) in [6, 6.07) is 4.96. The van der Waals surface area contributed by atoms with Crippen LogP contribution in [0, 0.1) is 0 Å². The summed E-state index contributed by atoms with van der Waals surface area (Å²) in [6.45, 7) is 0. The average Bonchev–Trinajstić information content (AvgIpc) is 3.41. The molecular weight excluding hydrogens is 354 g/mol. The van der Waals surface area contributed by atoms with Crippen molar-refractivity contribution in [1.29, 1.82) is 0 Å². The van der Waals surface area contributed by atoms with Gasteiger partial charge in [-0.15, -0.1) is 0 Å². The maximum Gasteiger partial charge on any atom is 0.196 e. The molecule has 0 atom stereocenters. The number of carbonyl (C=O) groups excluding carboxylic acids is 1. The van der Waals surface area contributed by atoms with E-state index >= 15 is 0 Å². The summed E-state index contributed by atoms with van der Waals surface area (Å²) in [7, 11) is -3.36. The zero-order valence-corrected chi connectivity index (χ0v) is 14.5. The molecule has 0 aromatic carbocycles. The number of hydrogen-bond acceptors (Lipinski definition) is 7. The summed E-state index contributed by atoms with van der Waals surface area (Å²) in [5.41, 5.74) is 2.08. The number of hydrogen-bond donors (Lipinski definition) is 0. The van der Waals surface area contributed by atoms with Gasteiger partial charge in [0.05, 0.1) is 29.5 Å². The molecule has 0 saturated heterocycles. The number of carbonyl (C=O) groups is 1. The summed E-state index contributed by atoms with van der Waals surface area (Å²) >= 11 is 0. The van der Waals surface area contributed by atoms with Crippen LogP contribution >= 0.6 is 0 Å². The Balaban J connectivity index is 1.58. The van der Waals surface area contributed by atoms with Crippen LogP contribution in [0.2, 0.25) is 0 Å². The van der Waals surface area contributed by atoms with Crippen LogP contribution in [-0.2, 0) is 9.84 Å².